The lowest BCUT2D eigenvalue weighted by molar-refractivity contribution is -0.136. The van der Waals surface area contributed by atoms with Crippen LogP contribution in [0, 0.1) is 11.8 Å². The van der Waals surface area contributed by atoms with Crippen LogP contribution in [0.25, 0.3) is 0 Å². The van der Waals surface area contributed by atoms with E-state index in [9.17, 15) is 9.59 Å². The normalized spacial score (nSPS) is 23.5. The first-order valence-electron chi connectivity index (χ1n) is 10.4. The summed E-state index contributed by atoms with van der Waals surface area (Å²) < 4.78 is 5.23. The van der Waals surface area contributed by atoms with Crippen molar-refractivity contribution in [3.63, 3.8) is 0 Å². The number of carbonyl (C=O) groups is 2. The Hall–Kier alpha value is -2.08. The molecule has 1 aromatic rings. The van der Waals surface area contributed by atoms with Gasteiger partial charge < -0.3 is 14.5 Å². The Morgan fingerprint density at radius 3 is 2.32 bits per heavy atom. The number of benzene rings is 1. The van der Waals surface area contributed by atoms with Crippen molar-refractivity contribution in [1.82, 2.24) is 14.7 Å². The number of nitrogens with zero attached hydrogens (tertiary/aromatic N) is 3. The van der Waals surface area contributed by atoms with Crippen molar-refractivity contribution >= 4 is 11.8 Å². The maximum atomic E-state index is 12.7. The van der Waals surface area contributed by atoms with E-state index in [2.05, 4.69) is 18.7 Å². The highest BCUT2D eigenvalue weighted by molar-refractivity contribution is 5.79. The van der Waals surface area contributed by atoms with Gasteiger partial charge >= 0.3 is 0 Å². The molecule has 0 saturated carbocycles. The Morgan fingerprint density at radius 2 is 1.68 bits per heavy atom. The summed E-state index contributed by atoms with van der Waals surface area (Å²) in [7, 11) is 1.63. The molecule has 2 atom stereocenters. The second kappa shape index (κ2) is 9.41. The molecule has 2 aliphatic heterocycles. The minimum Gasteiger partial charge on any atom is -0.497 e. The van der Waals surface area contributed by atoms with Crippen LogP contribution in [0.5, 0.6) is 5.75 Å². The number of rotatable bonds is 5. The molecular formula is C22H33N3O3. The third kappa shape index (κ3) is 5.47. The number of piperidine rings is 1. The number of methoxy groups -OCH3 is 1. The van der Waals surface area contributed by atoms with E-state index < -0.39 is 0 Å². The number of piperazine rings is 1. The zero-order valence-corrected chi connectivity index (χ0v) is 17.4. The quantitative estimate of drug-likeness (QED) is 0.774. The van der Waals surface area contributed by atoms with E-state index in [0.29, 0.717) is 37.9 Å². The summed E-state index contributed by atoms with van der Waals surface area (Å²) in [5.74, 6) is 2.31. The lowest BCUT2D eigenvalue weighted by atomic mass is 9.92. The maximum Gasteiger partial charge on any atom is 0.236 e. The molecule has 0 aromatic heterocycles. The molecule has 0 radical (unpaired) electrons. The molecule has 0 spiro atoms. The standard InChI is InChI=1S/C22H33N3O3/c1-17-11-18(2)15-25(14-17)22(27)16-23-7-9-24(10-8-23)21(26)13-19-5-4-6-20(12-19)28-3/h4-6,12,17-18H,7-11,13-16H2,1-3H3. The summed E-state index contributed by atoms with van der Waals surface area (Å²) in [6.45, 7) is 9.56. The average Bonchev–Trinajstić information content (AvgIpc) is 2.68. The molecule has 1 aromatic carbocycles. The molecule has 2 heterocycles. The summed E-state index contributed by atoms with van der Waals surface area (Å²) >= 11 is 0. The van der Waals surface area contributed by atoms with Crippen LogP contribution in [-0.4, -0.2) is 79.4 Å². The molecule has 0 bridgehead atoms. The molecule has 2 fully saturated rings. The summed E-state index contributed by atoms with van der Waals surface area (Å²) in [6.07, 6.45) is 1.59. The maximum absolute atomic E-state index is 12.7. The highest BCUT2D eigenvalue weighted by Gasteiger charge is 2.28. The number of carbonyl (C=O) groups excluding carboxylic acids is 2. The zero-order valence-electron chi connectivity index (χ0n) is 17.4. The minimum absolute atomic E-state index is 0.137. The van der Waals surface area contributed by atoms with Crippen molar-refractivity contribution in [2.75, 3.05) is 52.9 Å². The van der Waals surface area contributed by atoms with E-state index in [4.69, 9.17) is 4.74 Å². The molecular weight excluding hydrogens is 354 g/mol. The Labute approximate surface area is 168 Å². The first-order valence-corrected chi connectivity index (χ1v) is 10.4. The first-order chi connectivity index (χ1) is 13.4. The lowest BCUT2D eigenvalue weighted by Gasteiger charge is -2.38. The van der Waals surface area contributed by atoms with Gasteiger partial charge in [0, 0.05) is 39.3 Å². The summed E-state index contributed by atoms with van der Waals surface area (Å²) in [5.41, 5.74) is 0.968. The molecule has 6 heteroatoms. The molecule has 0 aliphatic carbocycles. The van der Waals surface area contributed by atoms with Gasteiger partial charge in [-0.05, 0) is 36.0 Å². The van der Waals surface area contributed by atoms with E-state index in [-0.39, 0.29) is 11.8 Å². The molecule has 6 nitrogen and oxygen atoms in total. The number of hydrogen-bond acceptors (Lipinski definition) is 4. The van der Waals surface area contributed by atoms with Gasteiger partial charge in [-0.1, -0.05) is 26.0 Å². The number of amides is 2. The molecule has 3 rings (SSSR count). The van der Waals surface area contributed by atoms with Crippen LogP contribution in [0.15, 0.2) is 24.3 Å². The largest absolute Gasteiger partial charge is 0.497 e. The van der Waals surface area contributed by atoms with Gasteiger partial charge in [-0.2, -0.15) is 0 Å². The molecule has 2 amide bonds. The fraction of sp³-hybridized carbons (Fsp3) is 0.636. The highest BCUT2D eigenvalue weighted by atomic mass is 16.5. The smallest absolute Gasteiger partial charge is 0.236 e. The van der Waals surface area contributed by atoms with E-state index in [1.165, 1.54) is 6.42 Å². The predicted octanol–water partition coefficient (Wildman–Crippen LogP) is 1.89. The fourth-order valence-corrected chi connectivity index (χ4v) is 4.38. The van der Waals surface area contributed by atoms with Crippen molar-refractivity contribution in [2.24, 2.45) is 11.8 Å². The SMILES string of the molecule is COc1cccc(CC(=O)N2CCN(CC(=O)N3CC(C)CC(C)C3)CC2)c1. The van der Waals surface area contributed by atoms with Crippen LogP contribution in [0.3, 0.4) is 0 Å². The third-order valence-corrected chi connectivity index (χ3v) is 5.79. The van der Waals surface area contributed by atoms with Gasteiger partial charge in [0.15, 0.2) is 0 Å². The molecule has 2 aliphatic rings. The average molecular weight is 388 g/mol. The third-order valence-electron chi connectivity index (χ3n) is 5.79. The van der Waals surface area contributed by atoms with Crippen molar-refractivity contribution in [2.45, 2.75) is 26.7 Å². The van der Waals surface area contributed by atoms with Crippen molar-refractivity contribution < 1.29 is 14.3 Å². The van der Waals surface area contributed by atoms with E-state index in [0.717, 1.165) is 37.5 Å². The second-order valence-corrected chi connectivity index (χ2v) is 8.43. The van der Waals surface area contributed by atoms with Gasteiger partial charge in [0.05, 0.1) is 20.1 Å². The predicted molar refractivity (Wildman–Crippen MR) is 109 cm³/mol. The van der Waals surface area contributed by atoms with Gasteiger partial charge in [0.1, 0.15) is 5.75 Å². The van der Waals surface area contributed by atoms with E-state index in [1.807, 2.05) is 34.1 Å². The summed E-state index contributed by atoms with van der Waals surface area (Å²) in [4.78, 5) is 31.4. The minimum atomic E-state index is 0.137. The number of hydrogen-bond donors (Lipinski definition) is 0. The highest BCUT2D eigenvalue weighted by Crippen LogP contribution is 2.21. The van der Waals surface area contributed by atoms with Gasteiger partial charge in [0.25, 0.3) is 0 Å². The Morgan fingerprint density at radius 1 is 1.00 bits per heavy atom. The molecule has 28 heavy (non-hydrogen) atoms. The molecule has 154 valence electrons. The zero-order chi connectivity index (χ0) is 20.1. The second-order valence-electron chi connectivity index (χ2n) is 8.43. The van der Waals surface area contributed by atoms with Gasteiger partial charge in [-0.3, -0.25) is 14.5 Å². The lowest BCUT2D eigenvalue weighted by Crippen LogP contribution is -2.53. The van der Waals surface area contributed by atoms with Crippen molar-refractivity contribution in [3.8, 4) is 5.75 Å². The number of ether oxygens (including phenoxy) is 1. The van der Waals surface area contributed by atoms with Gasteiger partial charge in [-0.25, -0.2) is 0 Å². The Kier molecular flexibility index (Phi) is 6.94. The van der Waals surface area contributed by atoms with Crippen molar-refractivity contribution in [1.29, 1.82) is 0 Å². The Balaban J connectivity index is 1.44. The van der Waals surface area contributed by atoms with Gasteiger partial charge in [-0.15, -0.1) is 0 Å². The van der Waals surface area contributed by atoms with Crippen LogP contribution < -0.4 is 4.74 Å². The summed E-state index contributed by atoms with van der Waals surface area (Å²) in [5, 5.41) is 0. The fourth-order valence-electron chi connectivity index (χ4n) is 4.38. The first kappa shape index (κ1) is 20.6. The van der Waals surface area contributed by atoms with Crippen LogP contribution in [0.4, 0.5) is 0 Å². The van der Waals surface area contributed by atoms with E-state index >= 15 is 0 Å². The van der Waals surface area contributed by atoms with E-state index in [1.54, 1.807) is 7.11 Å². The van der Waals surface area contributed by atoms with Gasteiger partial charge in [0.2, 0.25) is 11.8 Å². The van der Waals surface area contributed by atoms with Crippen LogP contribution in [-0.2, 0) is 16.0 Å². The van der Waals surface area contributed by atoms with Crippen LogP contribution >= 0.6 is 0 Å². The van der Waals surface area contributed by atoms with Crippen LogP contribution in [0.1, 0.15) is 25.8 Å². The monoisotopic (exact) mass is 387 g/mol. The molecule has 2 saturated heterocycles. The summed E-state index contributed by atoms with van der Waals surface area (Å²) in [6, 6.07) is 7.66. The van der Waals surface area contributed by atoms with Crippen molar-refractivity contribution in [3.05, 3.63) is 29.8 Å². The number of likely N-dealkylation sites (tertiary alicyclic amines) is 1. The topological polar surface area (TPSA) is 53.1 Å². The van der Waals surface area contributed by atoms with Crippen LogP contribution in [0.2, 0.25) is 0 Å². The molecule has 2 unspecified atom stereocenters. The Bertz CT molecular complexity index is 675. The molecule has 0 N–H and O–H groups in total.